The minimum Gasteiger partial charge on any atom is -0.492 e. The predicted molar refractivity (Wildman–Crippen MR) is 72.1 cm³/mol. The van der Waals surface area contributed by atoms with Crippen LogP contribution in [0.25, 0.3) is 0 Å². The van der Waals surface area contributed by atoms with E-state index in [1.165, 1.54) is 5.56 Å². The van der Waals surface area contributed by atoms with Crippen molar-refractivity contribution in [3.8, 4) is 5.75 Å². The van der Waals surface area contributed by atoms with Gasteiger partial charge in [-0.25, -0.2) is 0 Å². The number of aliphatic hydroxyl groups is 1. The summed E-state index contributed by atoms with van der Waals surface area (Å²) in [6.07, 6.45) is 1.61. The van der Waals surface area contributed by atoms with E-state index in [0.29, 0.717) is 13.0 Å². The molecule has 0 spiro atoms. The Hall–Kier alpha value is -1.10. The summed E-state index contributed by atoms with van der Waals surface area (Å²) in [5.41, 5.74) is 1.24. The molecule has 1 atom stereocenters. The molecule has 4 heteroatoms. The monoisotopic (exact) mass is 253 g/mol. The molecule has 0 aliphatic heterocycles. The third kappa shape index (κ3) is 5.49. The van der Waals surface area contributed by atoms with E-state index in [1.54, 1.807) is 7.11 Å². The van der Waals surface area contributed by atoms with Gasteiger partial charge in [0.2, 0.25) is 0 Å². The van der Waals surface area contributed by atoms with Gasteiger partial charge in [0.1, 0.15) is 12.4 Å². The van der Waals surface area contributed by atoms with E-state index in [2.05, 4.69) is 17.4 Å². The molecular weight excluding hydrogens is 230 g/mol. The standard InChI is InChI=1S/C14H23NO3/c1-15-13(7-9-16)11-18-14-5-3-12(4-6-14)8-10-17-2/h3-6,13,15-16H,7-11H2,1-2H3. The van der Waals surface area contributed by atoms with Crippen LogP contribution in [0.3, 0.4) is 0 Å². The van der Waals surface area contributed by atoms with Crippen molar-refractivity contribution in [2.45, 2.75) is 18.9 Å². The predicted octanol–water partition coefficient (Wildman–Crippen LogP) is 1.22. The second-order valence-electron chi connectivity index (χ2n) is 4.20. The van der Waals surface area contributed by atoms with Crippen LogP contribution in [0.5, 0.6) is 5.75 Å². The minimum atomic E-state index is 0.171. The first-order valence-corrected chi connectivity index (χ1v) is 6.29. The molecule has 4 nitrogen and oxygen atoms in total. The molecule has 0 fully saturated rings. The van der Waals surface area contributed by atoms with Gasteiger partial charge in [-0.05, 0) is 37.6 Å². The van der Waals surface area contributed by atoms with Crippen LogP contribution in [0.4, 0.5) is 0 Å². The maximum Gasteiger partial charge on any atom is 0.119 e. The first kappa shape index (κ1) is 15.0. The molecule has 0 aromatic heterocycles. The lowest BCUT2D eigenvalue weighted by atomic mass is 10.1. The molecule has 1 aromatic rings. The van der Waals surface area contributed by atoms with Crippen molar-refractivity contribution in [3.63, 3.8) is 0 Å². The summed E-state index contributed by atoms with van der Waals surface area (Å²) in [5.74, 6) is 0.856. The fourth-order valence-corrected chi connectivity index (χ4v) is 1.64. The zero-order valence-corrected chi connectivity index (χ0v) is 11.2. The quantitative estimate of drug-likeness (QED) is 0.695. The van der Waals surface area contributed by atoms with Gasteiger partial charge in [-0.2, -0.15) is 0 Å². The van der Waals surface area contributed by atoms with Crippen LogP contribution in [-0.2, 0) is 11.2 Å². The largest absolute Gasteiger partial charge is 0.492 e. The third-order valence-electron chi connectivity index (χ3n) is 2.86. The molecule has 18 heavy (non-hydrogen) atoms. The number of benzene rings is 1. The lowest BCUT2D eigenvalue weighted by molar-refractivity contribution is 0.202. The first-order valence-electron chi connectivity index (χ1n) is 6.29. The number of rotatable bonds is 9. The summed E-state index contributed by atoms with van der Waals surface area (Å²) in [4.78, 5) is 0. The maximum absolute atomic E-state index is 8.88. The molecule has 1 rings (SSSR count). The van der Waals surface area contributed by atoms with Crippen molar-refractivity contribution >= 4 is 0 Å². The fraction of sp³-hybridized carbons (Fsp3) is 0.571. The van der Waals surface area contributed by atoms with Gasteiger partial charge in [0, 0.05) is 19.8 Å². The molecule has 0 radical (unpaired) electrons. The molecular formula is C14H23NO3. The Morgan fingerprint density at radius 1 is 1.28 bits per heavy atom. The summed E-state index contributed by atoms with van der Waals surface area (Å²) in [6, 6.07) is 8.22. The lowest BCUT2D eigenvalue weighted by Gasteiger charge is -2.16. The molecule has 0 saturated carbocycles. The van der Waals surface area contributed by atoms with Gasteiger partial charge in [-0.15, -0.1) is 0 Å². The molecule has 0 saturated heterocycles. The van der Waals surface area contributed by atoms with Crippen molar-refractivity contribution in [1.29, 1.82) is 0 Å². The highest BCUT2D eigenvalue weighted by molar-refractivity contribution is 5.27. The van der Waals surface area contributed by atoms with E-state index < -0.39 is 0 Å². The van der Waals surface area contributed by atoms with Crippen molar-refractivity contribution in [1.82, 2.24) is 5.32 Å². The molecule has 0 amide bonds. The summed E-state index contributed by atoms with van der Waals surface area (Å²) >= 11 is 0. The molecule has 1 aromatic carbocycles. The maximum atomic E-state index is 8.88. The van der Waals surface area contributed by atoms with Crippen molar-refractivity contribution in [3.05, 3.63) is 29.8 Å². The van der Waals surface area contributed by atoms with E-state index in [1.807, 2.05) is 19.2 Å². The van der Waals surface area contributed by atoms with Crippen LogP contribution in [0.2, 0.25) is 0 Å². The Morgan fingerprint density at radius 3 is 2.56 bits per heavy atom. The fourth-order valence-electron chi connectivity index (χ4n) is 1.64. The molecule has 0 aliphatic carbocycles. The minimum absolute atomic E-state index is 0.171. The molecule has 0 aliphatic rings. The topological polar surface area (TPSA) is 50.7 Å². The van der Waals surface area contributed by atoms with Gasteiger partial charge in [-0.3, -0.25) is 0 Å². The van der Waals surface area contributed by atoms with Gasteiger partial charge in [0.15, 0.2) is 0 Å². The summed E-state index contributed by atoms with van der Waals surface area (Å²) < 4.78 is 10.7. The highest BCUT2D eigenvalue weighted by Gasteiger charge is 2.05. The Kier molecular flexibility index (Phi) is 7.41. The molecule has 0 heterocycles. The van der Waals surface area contributed by atoms with Gasteiger partial charge < -0.3 is 19.9 Å². The van der Waals surface area contributed by atoms with Crippen LogP contribution >= 0.6 is 0 Å². The highest BCUT2D eigenvalue weighted by Crippen LogP contribution is 2.13. The first-order chi connectivity index (χ1) is 8.80. The van der Waals surface area contributed by atoms with Gasteiger partial charge in [-0.1, -0.05) is 12.1 Å². The van der Waals surface area contributed by atoms with E-state index in [0.717, 1.165) is 18.8 Å². The average Bonchev–Trinajstić information content (AvgIpc) is 2.42. The van der Waals surface area contributed by atoms with E-state index >= 15 is 0 Å². The Labute approximate surface area is 109 Å². The van der Waals surface area contributed by atoms with Crippen LogP contribution in [-0.4, -0.2) is 45.1 Å². The number of likely N-dealkylation sites (N-methyl/N-ethyl adjacent to an activating group) is 1. The van der Waals surface area contributed by atoms with Gasteiger partial charge in [0.25, 0.3) is 0 Å². The Morgan fingerprint density at radius 2 is 2.00 bits per heavy atom. The van der Waals surface area contributed by atoms with E-state index in [9.17, 15) is 0 Å². The number of hydrogen-bond donors (Lipinski definition) is 2. The number of methoxy groups -OCH3 is 1. The van der Waals surface area contributed by atoms with Crippen LogP contribution in [0.15, 0.2) is 24.3 Å². The van der Waals surface area contributed by atoms with Crippen molar-refractivity contribution in [2.24, 2.45) is 0 Å². The molecule has 102 valence electrons. The van der Waals surface area contributed by atoms with E-state index in [-0.39, 0.29) is 12.6 Å². The normalized spacial score (nSPS) is 12.4. The zero-order chi connectivity index (χ0) is 13.2. The lowest BCUT2D eigenvalue weighted by Crippen LogP contribution is -2.32. The highest BCUT2D eigenvalue weighted by atomic mass is 16.5. The number of nitrogens with one attached hydrogen (secondary N) is 1. The van der Waals surface area contributed by atoms with Gasteiger partial charge >= 0.3 is 0 Å². The SMILES string of the molecule is CNC(CCO)COc1ccc(CCOC)cc1. The van der Waals surface area contributed by atoms with Crippen molar-refractivity contribution < 1.29 is 14.6 Å². The van der Waals surface area contributed by atoms with Crippen LogP contribution in [0, 0.1) is 0 Å². The second-order valence-corrected chi connectivity index (χ2v) is 4.20. The summed E-state index contributed by atoms with van der Waals surface area (Å²) in [5, 5.41) is 12.0. The number of ether oxygens (including phenoxy) is 2. The Bertz CT molecular complexity index is 313. The summed E-state index contributed by atoms with van der Waals surface area (Å²) in [6.45, 7) is 1.47. The zero-order valence-electron chi connectivity index (χ0n) is 11.2. The Balaban J connectivity index is 2.38. The molecule has 2 N–H and O–H groups in total. The number of hydrogen-bond acceptors (Lipinski definition) is 4. The number of aliphatic hydroxyl groups excluding tert-OH is 1. The van der Waals surface area contributed by atoms with Crippen LogP contribution in [0.1, 0.15) is 12.0 Å². The van der Waals surface area contributed by atoms with E-state index in [4.69, 9.17) is 14.6 Å². The smallest absolute Gasteiger partial charge is 0.119 e. The third-order valence-corrected chi connectivity index (χ3v) is 2.86. The second kappa shape index (κ2) is 8.91. The van der Waals surface area contributed by atoms with Gasteiger partial charge in [0.05, 0.1) is 6.61 Å². The van der Waals surface area contributed by atoms with Crippen molar-refractivity contribution in [2.75, 3.05) is 34.0 Å². The molecule has 0 bridgehead atoms. The average molecular weight is 253 g/mol. The summed E-state index contributed by atoms with van der Waals surface area (Å²) in [7, 11) is 3.58. The molecule has 1 unspecified atom stereocenters. The van der Waals surface area contributed by atoms with Crippen LogP contribution < -0.4 is 10.1 Å².